The van der Waals surface area contributed by atoms with E-state index in [9.17, 15) is 13.2 Å². The summed E-state index contributed by atoms with van der Waals surface area (Å²) in [7, 11) is 0. The van der Waals surface area contributed by atoms with E-state index in [-0.39, 0.29) is 5.41 Å². The minimum absolute atomic E-state index is 0.124. The van der Waals surface area contributed by atoms with Crippen molar-refractivity contribution in [3.8, 4) is 0 Å². The number of hydrogen-bond acceptors (Lipinski definition) is 6. The van der Waals surface area contributed by atoms with E-state index in [1.807, 2.05) is 0 Å². The Balaban J connectivity index is 1.05. The van der Waals surface area contributed by atoms with Crippen molar-refractivity contribution >= 4 is 0 Å². The molecule has 3 aromatic rings. The molecule has 0 atom stereocenters. The predicted octanol–water partition coefficient (Wildman–Crippen LogP) is 4.77. The number of benzene rings is 2. The average molecular weight is 514 g/mol. The van der Waals surface area contributed by atoms with Gasteiger partial charge in [0.05, 0.1) is 17.5 Å². The molecule has 37 heavy (non-hydrogen) atoms. The molecule has 1 saturated heterocycles. The number of nitrogens with one attached hydrogen (secondary N) is 1. The van der Waals surface area contributed by atoms with Gasteiger partial charge in [-0.1, -0.05) is 59.6 Å². The van der Waals surface area contributed by atoms with E-state index in [1.54, 1.807) is 6.07 Å². The predicted molar refractivity (Wildman–Crippen MR) is 135 cm³/mol. The topological polar surface area (TPSA) is 57.4 Å². The molecule has 0 amide bonds. The highest BCUT2D eigenvalue weighted by atomic mass is 19.4. The molecule has 2 heterocycles. The quantitative estimate of drug-likeness (QED) is 0.416. The van der Waals surface area contributed by atoms with Gasteiger partial charge in [0.25, 0.3) is 0 Å². The van der Waals surface area contributed by atoms with Crippen LogP contribution in [0.3, 0.4) is 0 Å². The van der Waals surface area contributed by atoms with Crippen LogP contribution in [-0.4, -0.2) is 59.2 Å². The van der Waals surface area contributed by atoms with Gasteiger partial charge >= 0.3 is 6.18 Å². The zero-order valence-electron chi connectivity index (χ0n) is 21.2. The van der Waals surface area contributed by atoms with Crippen molar-refractivity contribution < 1.29 is 17.7 Å². The first-order chi connectivity index (χ1) is 17.8. The van der Waals surface area contributed by atoms with E-state index in [0.29, 0.717) is 24.5 Å². The maximum atomic E-state index is 13.0. The van der Waals surface area contributed by atoms with Gasteiger partial charge in [0, 0.05) is 45.8 Å². The van der Waals surface area contributed by atoms with E-state index in [4.69, 9.17) is 9.51 Å². The first-order valence-corrected chi connectivity index (χ1v) is 13.0. The molecule has 1 N–H and O–H groups in total. The van der Waals surface area contributed by atoms with Gasteiger partial charge in [-0.2, -0.15) is 18.2 Å². The largest absolute Gasteiger partial charge is 0.416 e. The van der Waals surface area contributed by atoms with Crippen molar-refractivity contribution in [3.63, 3.8) is 0 Å². The molecule has 6 nitrogen and oxygen atoms in total. The van der Waals surface area contributed by atoms with Crippen molar-refractivity contribution in [2.75, 3.05) is 39.3 Å². The molecular weight excluding hydrogens is 479 g/mol. The van der Waals surface area contributed by atoms with E-state index < -0.39 is 11.7 Å². The minimum atomic E-state index is -4.30. The second kappa shape index (κ2) is 10.9. The van der Waals surface area contributed by atoms with Crippen LogP contribution in [0.4, 0.5) is 13.2 Å². The van der Waals surface area contributed by atoms with Crippen molar-refractivity contribution in [2.24, 2.45) is 0 Å². The maximum absolute atomic E-state index is 13.0. The summed E-state index contributed by atoms with van der Waals surface area (Å²) < 4.78 is 44.5. The Morgan fingerprint density at radius 1 is 1.00 bits per heavy atom. The number of nitrogens with zero attached hydrogens (tertiary/aromatic N) is 4. The van der Waals surface area contributed by atoms with Crippen LogP contribution in [0, 0.1) is 6.92 Å². The number of hydrogen-bond donors (Lipinski definition) is 1. The Hall–Kier alpha value is -2.75. The monoisotopic (exact) mass is 513 g/mol. The van der Waals surface area contributed by atoms with Crippen LogP contribution < -0.4 is 5.32 Å². The van der Waals surface area contributed by atoms with E-state index >= 15 is 0 Å². The first-order valence-electron chi connectivity index (χ1n) is 13.0. The van der Waals surface area contributed by atoms with Gasteiger partial charge in [0.15, 0.2) is 5.82 Å². The van der Waals surface area contributed by atoms with Crippen molar-refractivity contribution in [2.45, 2.75) is 50.9 Å². The van der Waals surface area contributed by atoms with Gasteiger partial charge in [-0.05, 0) is 37.0 Å². The average Bonchev–Trinajstić information content (AvgIpc) is 3.31. The van der Waals surface area contributed by atoms with Crippen LogP contribution in [-0.2, 0) is 24.7 Å². The fourth-order valence-electron chi connectivity index (χ4n) is 5.34. The summed E-state index contributed by atoms with van der Waals surface area (Å²) in [6.07, 6.45) is -1.04. The number of halogens is 3. The summed E-state index contributed by atoms with van der Waals surface area (Å²) in [6.45, 7) is 8.34. The molecule has 198 valence electrons. The minimum Gasteiger partial charge on any atom is -0.338 e. The standard InChI is InChI=1S/C28H34F3N5O/c1-21-5-2-7-23(17-21)27(9-4-10-27)26-33-25(37-34-26)19-32-11-12-35-13-15-36(16-14-35)20-22-6-3-8-24(18-22)28(29,30)31/h2-3,5-8,17-18,32H,4,9-16,19-20H2,1H3. The van der Waals surface area contributed by atoms with Gasteiger partial charge in [0.2, 0.25) is 5.89 Å². The number of aryl methyl sites for hydroxylation is 1. The smallest absolute Gasteiger partial charge is 0.338 e. The summed E-state index contributed by atoms with van der Waals surface area (Å²) >= 11 is 0. The van der Waals surface area contributed by atoms with Crippen LogP contribution in [0.25, 0.3) is 0 Å². The lowest BCUT2D eigenvalue weighted by molar-refractivity contribution is -0.137. The Morgan fingerprint density at radius 2 is 1.76 bits per heavy atom. The Morgan fingerprint density at radius 3 is 2.46 bits per heavy atom. The molecule has 9 heteroatoms. The fraction of sp³-hybridized carbons (Fsp3) is 0.500. The van der Waals surface area contributed by atoms with Crippen molar-refractivity contribution in [1.82, 2.24) is 25.3 Å². The zero-order valence-corrected chi connectivity index (χ0v) is 21.2. The van der Waals surface area contributed by atoms with Crippen LogP contribution in [0.15, 0.2) is 53.1 Å². The number of alkyl halides is 3. The van der Waals surface area contributed by atoms with Gasteiger partial charge in [-0.3, -0.25) is 9.80 Å². The van der Waals surface area contributed by atoms with Gasteiger partial charge < -0.3 is 9.84 Å². The molecule has 1 saturated carbocycles. The van der Waals surface area contributed by atoms with Crippen molar-refractivity contribution in [3.05, 3.63) is 82.5 Å². The molecule has 1 aliphatic carbocycles. The number of rotatable bonds is 9. The molecule has 0 unspecified atom stereocenters. The lowest BCUT2D eigenvalue weighted by atomic mass is 9.64. The molecule has 0 spiro atoms. The third kappa shape index (κ3) is 6.05. The second-order valence-corrected chi connectivity index (χ2v) is 10.3. The van der Waals surface area contributed by atoms with Crippen molar-refractivity contribution in [1.29, 1.82) is 0 Å². The molecule has 0 bridgehead atoms. The zero-order chi connectivity index (χ0) is 25.9. The van der Waals surface area contributed by atoms with Crippen LogP contribution in [0.1, 0.15) is 53.2 Å². The van der Waals surface area contributed by atoms with E-state index in [2.05, 4.69) is 51.5 Å². The molecule has 1 aliphatic heterocycles. The Kier molecular flexibility index (Phi) is 7.65. The molecular formula is C28H34F3N5O. The lowest BCUT2D eigenvalue weighted by Crippen LogP contribution is -2.47. The van der Waals surface area contributed by atoms with Gasteiger partial charge in [-0.15, -0.1) is 0 Å². The molecule has 5 rings (SSSR count). The lowest BCUT2D eigenvalue weighted by Gasteiger charge is -2.39. The highest BCUT2D eigenvalue weighted by Crippen LogP contribution is 2.47. The second-order valence-electron chi connectivity index (χ2n) is 10.3. The molecule has 2 fully saturated rings. The SMILES string of the molecule is Cc1cccc(C2(c3noc(CNCCN4CCN(Cc5cccc(C(F)(F)F)c5)CC4)n3)CCC2)c1. The Labute approximate surface area is 215 Å². The summed E-state index contributed by atoms with van der Waals surface area (Å²) in [5.74, 6) is 1.40. The fourth-order valence-corrected chi connectivity index (χ4v) is 5.34. The Bertz CT molecular complexity index is 1180. The normalized spacial score (nSPS) is 18.6. The summed E-state index contributed by atoms with van der Waals surface area (Å²) in [5.41, 5.74) is 2.51. The van der Waals surface area contributed by atoms with Gasteiger partial charge in [-0.25, -0.2) is 0 Å². The summed E-state index contributed by atoms with van der Waals surface area (Å²) in [4.78, 5) is 9.32. The van der Waals surface area contributed by atoms with Crippen LogP contribution in [0.2, 0.25) is 0 Å². The highest BCUT2D eigenvalue weighted by Gasteiger charge is 2.44. The molecule has 2 aliphatic rings. The maximum Gasteiger partial charge on any atom is 0.416 e. The van der Waals surface area contributed by atoms with Gasteiger partial charge in [0.1, 0.15) is 0 Å². The summed E-state index contributed by atoms with van der Waals surface area (Å²) in [5, 5.41) is 7.75. The number of aromatic nitrogens is 2. The molecule has 1 aromatic heterocycles. The first kappa shape index (κ1) is 25.9. The highest BCUT2D eigenvalue weighted by molar-refractivity contribution is 5.37. The third-order valence-electron chi connectivity index (χ3n) is 7.68. The molecule has 0 radical (unpaired) electrons. The third-order valence-corrected chi connectivity index (χ3v) is 7.68. The van der Waals surface area contributed by atoms with Crippen LogP contribution in [0.5, 0.6) is 0 Å². The van der Waals surface area contributed by atoms with Crippen LogP contribution >= 0.6 is 0 Å². The van der Waals surface area contributed by atoms with E-state index in [1.165, 1.54) is 29.7 Å². The summed E-state index contributed by atoms with van der Waals surface area (Å²) in [6, 6.07) is 14.2. The molecule has 2 aromatic carbocycles. The van der Waals surface area contributed by atoms with E-state index in [0.717, 1.165) is 64.0 Å². The number of piperazine rings is 1.